The maximum Gasteiger partial charge on any atom is 0.241 e. The minimum atomic E-state index is -0.255. The molecule has 25 heavy (non-hydrogen) atoms. The molecule has 0 saturated carbocycles. The molecule has 0 aliphatic carbocycles. The van der Waals surface area contributed by atoms with E-state index < -0.39 is 0 Å². The summed E-state index contributed by atoms with van der Waals surface area (Å²) in [4.78, 5) is 16.9. The second-order valence-corrected chi connectivity index (χ2v) is 7.30. The summed E-state index contributed by atoms with van der Waals surface area (Å²) in [5.74, 6) is 0.0508. The Morgan fingerprint density at radius 1 is 1.36 bits per heavy atom. The Labute approximate surface area is 152 Å². The van der Waals surface area contributed by atoms with Gasteiger partial charge in [0, 0.05) is 26.2 Å². The predicted octanol–water partition coefficient (Wildman–Crippen LogP) is 2.21. The topological polar surface area (TPSA) is 44.8 Å². The van der Waals surface area contributed by atoms with Crippen molar-refractivity contribution in [3.63, 3.8) is 0 Å². The van der Waals surface area contributed by atoms with E-state index in [-0.39, 0.29) is 11.9 Å². The number of piperidine rings is 1. The lowest BCUT2D eigenvalue weighted by molar-refractivity contribution is -0.125. The molecule has 1 N–H and O–H groups in total. The van der Waals surface area contributed by atoms with Crippen LogP contribution in [0.2, 0.25) is 0 Å². The Balaban J connectivity index is 1.72. The normalized spacial score (nSPS) is 17.6. The second-order valence-electron chi connectivity index (χ2n) is 7.30. The number of likely N-dealkylation sites (N-methyl/N-ethyl adjacent to an activating group) is 1. The zero-order valence-corrected chi connectivity index (χ0v) is 16.1. The zero-order valence-electron chi connectivity index (χ0n) is 16.1. The third-order valence-corrected chi connectivity index (χ3v) is 4.76. The highest BCUT2D eigenvalue weighted by atomic mass is 16.5. The molecule has 5 nitrogen and oxygen atoms in total. The number of carbonyl (C=O) groups is 1. The van der Waals surface area contributed by atoms with E-state index in [1.54, 1.807) is 0 Å². The van der Waals surface area contributed by atoms with Gasteiger partial charge in [-0.05, 0) is 52.9 Å². The van der Waals surface area contributed by atoms with Crippen LogP contribution in [0.3, 0.4) is 0 Å². The average Bonchev–Trinajstić information content (AvgIpc) is 2.56. The molecule has 0 unspecified atom stereocenters. The zero-order chi connectivity index (χ0) is 18.2. The standard InChI is InChI=1S/C20H33N3O2/c1-16-7-5-8-17(15-16)19(22(2)3)20(24)21-11-6-14-25-18-9-12-23(4)13-10-18/h5,7-8,15,18-19H,6,9-14H2,1-4H3,(H,21,24)/t19-/m1/s1. The third kappa shape index (κ3) is 6.42. The summed E-state index contributed by atoms with van der Waals surface area (Å²) in [5.41, 5.74) is 2.20. The van der Waals surface area contributed by atoms with E-state index in [0.29, 0.717) is 19.3 Å². The van der Waals surface area contributed by atoms with E-state index in [0.717, 1.165) is 37.9 Å². The Hall–Kier alpha value is -1.43. The number of carbonyl (C=O) groups excluding carboxylic acids is 1. The van der Waals surface area contributed by atoms with Crippen LogP contribution in [0.5, 0.6) is 0 Å². The fourth-order valence-corrected chi connectivity index (χ4v) is 3.31. The molecule has 1 atom stereocenters. The van der Waals surface area contributed by atoms with Gasteiger partial charge in [0.05, 0.1) is 6.10 Å². The number of aryl methyl sites for hydroxylation is 1. The number of ether oxygens (including phenoxy) is 1. The molecule has 5 heteroatoms. The molecule has 1 fully saturated rings. The number of amides is 1. The summed E-state index contributed by atoms with van der Waals surface area (Å²) < 4.78 is 5.93. The van der Waals surface area contributed by atoms with Crippen molar-refractivity contribution < 1.29 is 9.53 Å². The Morgan fingerprint density at radius 2 is 2.08 bits per heavy atom. The van der Waals surface area contributed by atoms with Crippen molar-refractivity contribution in [2.75, 3.05) is 47.4 Å². The van der Waals surface area contributed by atoms with E-state index in [1.165, 1.54) is 5.56 Å². The van der Waals surface area contributed by atoms with Crippen LogP contribution in [0.4, 0.5) is 0 Å². The van der Waals surface area contributed by atoms with Gasteiger partial charge < -0.3 is 15.0 Å². The number of likely N-dealkylation sites (tertiary alicyclic amines) is 1. The fraction of sp³-hybridized carbons (Fsp3) is 0.650. The van der Waals surface area contributed by atoms with E-state index in [9.17, 15) is 4.79 Å². The molecule has 0 aromatic heterocycles. The minimum Gasteiger partial charge on any atom is -0.378 e. The number of nitrogens with one attached hydrogen (secondary N) is 1. The molecule has 2 rings (SSSR count). The lowest BCUT2D eigenvalue weighted by Crippen LogP contribution is -2.38. The number of hydrogen-bond donors (Lipinski definition) is 1. The number of nitrogens with zero attached hydrogens (tertiary/aromatic N) is 2. The van der Waals surface area contributed by atoms with Crippen LogP contribution < -0.4 is 5.32 Å². The van der Waals surface area contributed by atoms with Gasteiger partial charge in [0.15, 0.2) is 0 Å². The number of benzene rings is 1. The highest BCUT2D eigenvalue weighted by Gasteiger charge is 2.22. The average molecular weight is 348 g/mol. The predicted molar refractivity (Wildman–Crippen MR) is 102 cm³/mol. The van der Waals surface area contributed by atoms with Gasteiger partial charge in [-0.15, -0.1) is 0 Å². The van der Waals surface area contributed by atoms with Gasteiger partial charge >= 0.3 is 0 Å². The van der Waals surface area contributed by atoms with E-state index in [2.05, 4.69) is 36.3 Å². The SMILES string of the molecule is Cc1cccc([C@H](C(=O)NCCCOC2CCN(C)CC2)N(C)C)c1. The van der Waals surface area contributed by atoms with Gasteiger partial charge in [-0.2, -0.15) is 0 Å². The summed E-state index contributed by atoms with van der Waals surface area (Å²) >= 11 is 0. The van der Waals surface area contributed by atoms with Crippen LogP contribution in [-0.2, 0) is 9.53 Å². The first-order valence-electron chi connectivity index (χ1n) is 9.28. The Morgan fingerprint density at radius 3 is 2.72 bits per heavy atom. The summed E-state index contributed by atoms with van der Waals surface area (Å²) in [7, 11) is 6.03. The smallest absolute Gasteiger partial charge is 0.241 e. The van der Waals surface area contributed by atoms with Gasteiger partial charge in [-0.1, -0.05) is 29.8 Å². The fourth-order valence-electron chi connectivity index (χ4n) is 3.31. The number of hydrogen-bond acceptors (Lipinski definition) is 4. The second kappa shape index (κ2) is 9.90. The molecule has 0 bridgehead atoms. The molecule has 1 amide bonds. The molecular formula is C20H33N3O2. The van der Waals surface area contributed by atoms with Gasteiger partial charge in [-0.25, -0.2) is 0 Å². The van der Waals surface area contributed by atoms with Crippen LogP contribution in [0, 0.1) is 6.92 Å². The van der Waals surface area contributed by atoms with Gasteiger partial charge in [-0.3, -0.25) is 9.69 Å². The first-order chi connectivity index (χ1) is 12.0. The van der Waals surface area contributed by atoms with Crippen molar-refractivity contribution in [1.29, 1.82) is 0 Å². The van der Waals surface area contributed by atoms with Gasteiger partial charge in [0.1, 0.15) is 6.04 Å². The summed E-state index contributed by atoms with van der Waals surface area (Å²) in [6.45, 7) is 5.65. The molecule has 140 valence electrons. The highest BCUT2D eigenvalue weighted by molar-refractivity contribution is 5.83. The lowest BCUT2D eigenvalue weighted by Gasteiger charge is -2.29. The van der Waals surface area contributed by atoms with Crippen LogP contribution in [-0.4, -0.2) is 69.2 Å². The molecule has 1 aromatic rings. The van der Waals surface area contributed by atoms with Crippen molar-refractivity contribution in [3.05, 3.63) is 35.4 Å². The van der Waals surface area contributed by atoms with E-state index in [4.69, 9.17) is 4.74 Å². The van der Waals surface area contributed by atoms with Crippen LogP contribution >= 0.6 is 0 Å². The minimum absolute atomic E-state index is 0.0508. The summed E-state index contributed by atoms with van der Waals surface area (Å²) in [6.07, 6.45) is 3.46. The van der Waals surface area contributed by atoms with E-state index >= 15 is 0 Å². The van der Waals surface area contributed by atoms with Crippen molar-refractivity contribution in [3.8, 4) is 0 Å². The molecular weight excluding hydrogens is 314 g/mol. The molecule has 0 radical (unpaired) electrons. The quantitative estimate of drug-likeness (QED) is 0.733. The molecule has 1 aliphatic rings. The molecule has 0 spiro atoms. The van der Waals surface area contributed by atoms with Crippen LogP contribution in [0.15, 0.2) is 24.3 Å². The lowest BCUT2D eigenvalue weighted by atomic mass is 10.0. The summed E-state index contributed by atoms with van der Waals surface area (Å²) in [5, 5.41) is 3.06. The Bertz CT molecular complexity index is 539. The van der Waals surface area contributed by atoms with Gasteiger partial charge in [0.2, 0.25) is 5.91 Å². The first kappa shape index (κ1) is 19.9. The largest absolute Gasteiger partial charge is 0.378 e. The molecule has 1 heterocycles. The maximum atomic E-state index is 12.6. The van der Waals surface area contributed by atoms with Crippen molar-refractivity contribution in [2.24, 2.45) is 0 Å². The molecule has 1 saturated heterocycles. The highest BCUT2D eigenvalue weighted by Crippen LogP contribution is 2.19. The van der Waals surface area contributed by atoms with Crippen LogP contribution in [0.1, 0.15) is 36.4 Å². The van der Waals surface area contributed by atoms with Crippen molar-refractivity contribution >= 4 is 5.91 Å². The third-order valence-electron chi connectivity index (χ3n) is 4.76. The monoisotopic (exact) mass is 347 g/mol. The van der Waals surface area contributed by atoms with E-state index in [1.807, 2.05) is 31.1 Å². The van der Waals surface area contributed by atoms with Crippen molar-refractivity contribution in [1.82, 2.24) is 15.1 Å². The van der Waals surface area contributed by atoms with Gasteiger partial charge in [0.25, 0.3) is 0 Å². The maximum absolute atomic E-state index is 12.6. The van der Waals surface area contributed by atoms with Crippen molar-refractivity contribution in [2.45, 2.75) is 38.3 Å². The molecule has 1 aromatic carbocycles. The van der Waals surface area contributed by atoms with Crippen LogP contribution in [0.25, 0.3) is 0 Å². The first-order valence-corrected chi connectivity index (χ1v) is 9.28. The number of rotatable bonds is 8. The Kier molecular flexibility index (Phi) is 7.88. The molecule has 1 aliphatic heterocycles. The summed E-state index contributed by atoms with van der Waals surface area (Å²) in [6, 6.07) is 7.89.